The van der Waals surface area contributed by atoms with E-state index in [0.717, 1.165) is 26.2 Å². The highest BCUT2D eigenvalue weighted by Crippen LogP contribution is 1.93. The standard InChI is InChI=1S/C11H21N3/c1-2-3-4-6-12-7-5-9-14-10-8-13-11-14/h5,7,11-12H,2-4,6,8-10H2,1H3. The molecular formula is C11H21N3. The Morgan fingerprint density at radius 2 is 2.43 bits per heavy atom. The third-order valence-electron chi connectivity index (χ3n) is 2.26. The Hall–Kier alpha value is -0.990. The number of hydrogen-bond acceptors (Lipinski definition) is 3. The first-order valence-corrected chi connectivity index (χ1v) is 5.56. The third-order valence-corrected chi connectivity index (χ3v) is 2.26. The largest absolute Gasteiger partial charge is 0.391 e. The van der Waals surface area contributed by atoms with Crippen molar-refractivity contribution in [2.75, 3.05) is 26.2 Å². The third kappa shape index (κ3) is 4.90. The van der Waals surface area contributed by atoms with Crippen molar-refractivity contribution in [1.82, 2.24) is 10.2 Å². The van der Waals surface area contributed by atoms with Gasteiger partial charge in [-0.05, 0) is 18.7 Å². The second-order valence-electron chi connectivity index (χ2n) is 3.58. The van der Waals surface area contributed by atoms with Gasteiger partial charge >= 0.3 is 0 Å². The average Bonchev–Trinajstić information content (AvgIpc) is 2.69. The summed E-state index contributed by atoms with van der Waals surface area (Å²) in [6, 6.07) is 0. The van der Waals surface area contributed by atoms with Gasteiger partial charge in [-0.2, -0.15) is 0 Å². The van der Waals surface area contributed by atoms with Gasteiger partial charge in [0.25, 0.3) is 0 Å². The first kappa shape index (κ1) is 11.1. The Bertz CT molecular complexity index is 187. The van der Waals surface area contributed by atoms with Crippen LogP contribution in [0.25, 0.3) is 0 Å². The van der Waals surface area contributed by atoms with E-state index in [2.05, 4.69) is 34.4 Å². The molecular weight excluding hydrogens is 174 g/mol. The molecule has 0 radical (unpaired) electrons. The Balaban J connectivity index is 1.90. The predicted octanol–water partition coefficient (Wildman–Crippen LogP) is 1.62. The lowest BCUT2D eigenvalue weighted by Crippen LogP contribution is -2.19. The van der Waals surface area contributed by atoms with Gasteiger partial charge < -0.3 is 10.2 Å². The molecule has 0 bridgehead atoms. The molecule has 0 saturated heterocycles. The normalized spacial score (nSPS) is 15.6. The molecule has 3 nitrogen and oxygen atoms in total. The van der Waals surface area contributed by atoms with Crippen LogP contribution < -0.4 is 5.32 Å². The highest BCUT2D eigenvalue weighted by Gasteiger charge is 2.00. The van der Waals surface area contributed by atoms with Crippen molar-refractivity contribution >= 4 is 6.34 Å². The zero-order chi connectivity index (χ0) is 10.1. The first-order valence-electron chi connectivity index (χ1n) is 5.56. The number of rotatable bonds is 7. The molecule has 0 aromatic rings. The quantitative estimate of drug-likeness (QED) is 0.625. The van der Waals surface area contributed by atoms with E-state index in [1.807, 2.05) is 6.34 Å². The zero-order valence-corrected chi connectivity index (χ0v) is 9.08. The van der Waals surface area contributed by atoms with Crippen LogP contribution in [0.3, 0.4) is 0 Å². The second kappa shape index (κ2) is 7.42. The maximum atomic E-state index is 4.15. The Morgan fingerprint density at radius 1 is 1.50 bits per heavy atom. The van der Waals surface area contributed by atoms with E-state index >= 15 is 0 Å². The molecule has 14 heavy (non-hydrogen) atoms. The zero-order valence-electron chi connectivity index (χ0n) is 9.08. The van der Waals surface area contributed by atoms with Crippen LogP contribution in [-0.2, 0) is 0 Å². The second-order valence-corrected chi connectivity index (χ2v) is 3.58. The van der Waals surface area contributed by atoms with E-state index in [1.165, 1.54) is 19.3 Å². The monoisotopic (exact) mass is 195 g/mol. The predicted molar refractivity (Wildman–Crippen MR) is 61.6 cm³/mol. The SMILES string of the molecule is CCCCCNC=CCN1C=NCC1. The minimum absolute atomic E-state index is 0.956. The molecule has 0 amide bonds. The van der Waals surface area contributed by atoms with Gasteiger partial charge in [-0.1, -0.05) is 19.8 Å². The number of hydrogen-bond donors (Lipinski definition) is 1. The maximum Gasteiger partial charge on any atom is 0.0854 e. The highest BCUT2D eigenvalue weighted by atomic mass is 15.2. The molecule has 1 N–H and O–H groups in total. The van der Waals surface area contributed by atoms with Gasteiger partial charge in [-0.25, -0.2) is 0 Å². The van der Waals surface area contributed by atoms with E-state index in [-0.39, 0.29) is 0 Å². The van der Waals surface area contributed by atoms with Crippen molar-refractivity contribution < 1.29 is 0 Å². The van der Waals surface area contributed by atoms with Crippen molar-refractivity contribution in [2.24, 2.45) is 4.99 Å². The molecule has 1 heterocycles. The number of aliphatic imine (C=N–C) groups is 1. The Labute approximate surface area is 86.9 Å². The minimum Gasteiger partial charge on any atom is -0.391 e. The maximum absolute atomic E-state index is 4.15. The van der Waals surface area contributed by atoms with Crippen molar-refractivity contribution in [3.8, 4) is 0 Å². The molecule has 0 unspecified atom stereocenters. The summed E-state index contributed by atoms with van der Waals surface area (Å²) in [6.45, 7) is 6.32. The molecule has 0 aliphatic carbocycles. The molecule has 0 atom stereocenters. The van der Waals surface area contributed by atoms with Crippen LogP contribution in [0.5, 0.6) is 0 Å². The molecule has 0 aromatic heterocycles. The molecule has 80 valence electrons. The summed E-state index contributed by atoms with van der Waals surface area (Å²) in [4.78, 5) is 6.36. The minimum atomic E-state index is 0.956. The summed E-state index contributed by atoms with van der Waals surface area (Å²) in [6.07, 6.45) is 10.0. The fourth-order valence-corrected chi connectivity index (χ4v) is 1.39. The summed E-state index contributed by atoms with van der Waals surface area (Å²) in [5.41, 5.74) is 0. The molecule has 1 rings (SSSR count). The summed E-state index contributed by atoms with van der Waals surface area (Å²) in [7, 11) is 0. The molecule has 3 heteroatoms. The lowest BCUT2D eigenvalue weighted by atomic mass is 10.2. The summed E-state index contributed by atoms with van der Waals surface area (Å²) < 4.78 is 0. The highest BCUT2D eigenvalue weighted by molar-refractivity contribution is 5.57. The van der Waals surface area contributed by atoms with E-state index in [9.17, 15) is 0 Å². The van der Waals surface area contributed by atoms with Gasteiger partial charge in [0, 0.05) is 19.6 Å². The number of nitrogens with zero attached hydrogens (tertiary/aromatic N) is 2. The van der Waals surface area contributed by atoms with Gasteiger partial charge in [0.2, 0.25) is 0 Å². The van der Waals surface area contributed by atoms with Crippen LogP contribution in [0.2, 0.25) is 0 Å². The molecule has 1 aliphatic heterocycles. The first-order chi connectivity index (χ1) is 6.93. The lowest BCUT2D eigenvalue weighted by molar-refractivity contribution is 0.517. The molecule has 0 aromatic carbocycles. The smallest absolute Gasteiger partial charge is 0.0854 e. The molecule has 1 aliphatic rings. The van der Waals surface area contributed by atoms with Gasteiger partial charge in [0.15, 0.2) is 0 Å². The van der Waals surface area contributed by atoms with Crippen LogP contribution in [0, 0.1) is 0 Å². The van der Waals surface area contributed by atoms with Crippen LogP contribution >= 0.6 is 0 Å². The van der Waals surface area contributed by atoms with Gasteiger partial charge in [-0.3, -0.25) is 4.99 Å². The molecule has 0 fully saturated rings. The molecule has 0 saturated carbocycles. The number of unbranched alkanes of at least 4 members (excludes halogenated alkanes) is 2. The van der Waals surface area contributed by atoms with Crippen molar-refractivity contribution in [3.05, 3.63) is 12.3 Å². The van der Waals surface area contributed by atoms with E-state index in [1.54, 1.807) is 0 Å². The summed E-state index contributed by atoms with van der Waals surface area (Å²) in [5.74, 6) is 0. The fraction of sp³-hybridized carbons (Fsp3) is 0.727. The Morgan fingerprint density at radius 3 is 3.14 bits per heavy atom. The van der Waals surface area contributed by atoms with E-state index in [4.69, 9.17) is 0 Å². The topological polar surface area (TPSA) is 27.6 Å². The van der Waals surface area contributed by atoms with Crippen molar-refractivity contribution in [3.63, 3.8) is 0 Å². The van der Waals surface area contributed by atoms with Crippen molar-refractivity contribution in [1.29, 1.82) is 0 Å². The van der Waals surface area contributed by atoms with Crippen molar-refractivity contribution in [2.45, 2.75) is 26.2 Å². The Kier molecular flexibility index (Phi) is 5.87. The van der Waals surface area contributed by atoms with Gasteiger partial charge in [0.1, 0.15) is 0 Å². The van der Waals surface area contributed by atoms with Gasteiger partial charge in [-0.15, -0.1) is 0 Å². The van der Waals surface area contributed by atoms with E-state index < -0.39 is 0 Å². The molecule has 0 spiro atoms. The summed E-state index contributed by atoms with van der Waals surface area (Å²) >= 11 is 0. The van der Waals surface area contributed by atoms with Gasteiger partial charge in [0.05, 0.1) is 12.9 Å². The average molecular weight is 195 g/mol. The van der Waals surface area contributed by atoms with E-state index in [0.29, 0.717) is 0 Å². The lowest BCUT2D eigenvalue weighted by Gasteiger charge is -2.09. The fourth-order valence-electron chi connectivity index (χ4n) is 1.39. The number of nitrogens with one attached hydrogen (secondary N) is 1. The van der Waals surface area contributed by atoms with Crippen LogP contribution in [0.15, 0.2) is 17.3 Å². The summed E-state index contributed by atoms with van der Waals surface area (Å²) in [5, 5.41) is 3.29. The van der Waals surface area contributed by atoms with Crippen LogP contribution in [-0.4, -0.2) is 37.4 Å². The van der Waals surface area contributed by atoms with Crippen LogP contribution in [0.1, 0.15) is 26.2 Å². The van der Waals surface area contributed by atoms with Crippen LogP contribution in [0.4, 0.5) is 0 Å².